The zero-order chi connectivity index (χ0) is 13.1. The molecule has 3 heteroatoms. The summed E-state index contributed by atoms with van der Waals surface area (Å²) in [6, 6.07) is 11.8. The van der Waals surface area contributed by atoms with Gasteiger partial charge in [-0.05, 0) is 18.6 Å². The van der Waals surface area contributed by atoms with Gasteiger partial charge in [0.2, 0.25) is 0 Å². The first-order chi connectivity index (χ1) is 8.63. The minimum absolute atomic E-state index is 0.00679. The van der Waals surface area contributed by atoms with Gasteiger partial charge in [-0.1, -0.05) is 36.4 Å². The van der Waals surface area contributed by atoms with Crippen LogP contribution in [0.1, 0.15) is 17.3 Å². The second-order valence-corrected chi connectivity index (χ2v) is 3.96. The zero-order valence-electron chi connectivity index (χ0n) is 10.2. The summed E-state index contributed by atoms with van der Waals surface area (Å²) in [5, 5.41) is 0. The van der Waals surface area contributed by atoms with E-state index >= 15 is 0 Å². The molecule has 0 saturated carbocycles. The van der Waals surface area contributed by atoms with E-state index in [0.29, 0.717) is 11.1 Å². The Morgan fingerprint density at radius 2 is 1.78 bits per heavy atom. The van der Waals surface area contributed by atoms with Crippen LogP contribution in [-0.2, 0) is 0 Å². The van der Waals surface area contributed by atoms with Gasteiger partial charge in [0.1, 0.15) is 0 Å². The van der Waals surface area contributed by atoms with E-state index in [4.69, 9.17) is 4.74 Å². The summed E-state index contributed by atoms with van der Waals surface area (Å²) in [6.45, 7) is 1.50. The Labute approximate surface area is 105 Å². The molecule has 0 heterocycles. The largest absolute Gasteiger partial charge is 0.494 e. The third-order valence-electron chi connectivity index (χ3n) is 2.79. The number of hydrogen-bond acceptors (Lipinski definition) is 2. The van der Waals surface area contributed by atoms with Crippen LogP contribution in [0.4, 0.5) is 4.39 Å². The van der Waals surface area contributed by atoms with Crippen molar-refractivity contribution in [2.45, 2.75) is 6.92 Å². The Morgan fingerprint density at radius 1 is 1.11 bits per heavy atom. The summed E-state index contributed by atoms with van der Waals surface area (Å²) in [6.07, 6.45) is 0. The molecule has 2 aromatic rings. The van der Waals surface area contributed by atoms with Crippen LogP contribution in [0.2, 0.25) is 0 Å². The number of rotatable bonds is 3. The van der Waals surface area contributed by atoms with Crippen LogP contribution in [0.15, 0.2) is 42.5 Å². The van der Waals surface area contributed by atoms with Crippen molar-refractivity contribution in [1.29, 1.82) is 0 Å². The summed E-state index contributed by atoms with van der Waals surface area (Å²) in [7, 11) is 1.43. The van der Waals surface area contributed by atoms with Gasteiger partial charge in [0.05, 0.1) is 7.11 Å². The SMILES string of the molecule is COc1cccc(-c2ccc(C(C)=O)cc2)c1F. The Balaban J connectivity index is 2.46. The number of Topliss-reactive ketones (excluding diaryl/α,β-unsaturated/α-hetero) is 1. The Bertz CT molecular complexity index is 574. The molecule has 0 bridgehead atoms. The summed E-state index contributed by atoms with van der Waals surface area (Å²) < 4.78 is 19.0. The van der Waals surface area contributed by atoms with E-state index in [2.05, 4.69) is 0 Å². The van der Waals surface area contributed by atoms with Gasteiger partial charge in [0.15, 0.2) is 17.3 Å². The molecule has 92 valence electrons. The fourth-order valence-electron chi connectivity index (χ4n) is 1.78. The smallest absolute Gasteiger partial charge is 0.172 e. The fourth-order valence-corrected chi connectivity index (χ4v) is 1.78. The van der Waals surface area contributed by atoms with E-state index < -0.39 is 5.82 Å². The van der Waals surface area contributed by atoms with Crippen LogP contribution in [0, 0.1) is 5.82 Å². The van der Waals surface area contributed by atoms with Crippen molar-refractivity contribution in [3.05, 3.63) is 53.8 Å². The molecule has 2 rings (SSSR count). The molecule has 0 aromatic heterocycles. The van der Waals surface area contributed by atoms with Crippen molar-refractivity contribution >= 4 is 5.78 Å². The molecule has 0 aliphatic rings. The molecule has 2 aromatic carbocycles. The number of carbonyl (C=O) groups is 1. The Morgan fingerprint density at radius 3 is 2.33 bits per heavy atom. The topological polar surface area (TPSA) is 26.3 Å². The molecule has 0 aliphatic carbocycles. The van der Waals surface area contributed by atoms with Crippen molar-refractivity contribution in [3.8, 4) is 16.9 Å². The zero-order valence-corrected chi connectivity index (χ0v) is 10.2. The lowest BCUT2D eigenvalue weighted by atomic mass is 10.0. The summed E-state index contributed by atoms with van der Waals surface area (Å²) in [4.78, 5) is 11.2. The molecule has 0 spiro atoms. The summed E-state index contributed by atoms with van der Waals surface area (Å²) in [5.41, 5.74) is 1.79. The number of halogens is 1. The second-order valence-electron chi connectivity index (χ2n) is 3.96. The Kier molecular flexibility index (Phi) is 3.42. The Hall–Kier alpha value is -2.16. The van der Waals surface area contributed by atoms with Crippen LogP contribution in [0.25, 0.3) is 11.1 Å². The molecule has 18 heavy (non-hydrogen) atoms. The molecule has 0 fully saturated rings. The van der Waals surface area contributed by atoms with E-state index in [9.17, 15) is 9.18 Å². The first kappa shape index (κ1) is 12.3. The maximum atomic E-state index is 14.0. The molecule has 0 atom stereocenters. The average molecular weight is 244 g/mol. The number of ketones is 1. The average Bonchev–Trinajstić information content (AvgIpc) is 2.39. The second kappa shape index (κ2) is 5.00. The lowest BCUT2D eigenvalue weighted by molar-refractivity contribution is 0.101. The molecule has 0 amide bonds. The third-order valence-corrected chi connectivity index (χ3v) is 2.79. The molecule has 0 saturated heterocycles. The lowest BCUT2D eigenvalue weighted by Gasteiger charge is -2.07. The molecule has 0 aliphatic heterocycles. The van der Waals surface area contributed by atoms with Crippen molar-refractivity contribution in [2.24, 2.45) is 0 Å². The highest BCUT2D eigenvalue weighted by Gasteiger charge is 2.10. The lowest BCUT2D eigenvalue weighted by Crippen LogP contribution is -1.93. The van der Waals surface area contributed by atoms with Gasteiger partial charge in [0, 0.05) is 11.1 Å². The highest BCUT2D eigenvalue weighted by Crippen LogP contribution is 2.28. The van der Waals surface area contributed by atoms with Gasteiger partial charge in [-0.15, -0.1) is 0 Å². The monoisotopic (exact) mass is 244 g/mol. The predicted octanol–water partition coefficient (Wildman–Crippen LogP) is 3.70. The summed E-state index contributed by atoms with van der Waals surface area (Å²) in [5.74, 6) is -0.189. The minimum atomic E-state index is -0.393. The third kappa shape index (κ3) is 2.25. The van der Waals surface area contributed by atoms with E-state index in [1.807, 2.05) is 0 Å². The maximum Gasteiger partial charge on any atom is 0.172 e. The van der Waals surface area contributed by atoms with Crippen LogP contribution in [-0.4, -0.2) is 12.9 Å². The quantitative estimate of drug-likeness (QED) is 0.769. The van der Waals surface area contributed by atoms with Crippen LogP contribution < -0.4 is 4.74 Å². The number of methoxy groups -OCH3 is 1. The first-order valence-electron chi connectivity index (χ1n) is 5.57. The highest BCUT2D eigenvalue weighted by molar-refractivity contribution is 5.94. The normalized spacial score (nSPS) is 10.2. The van der Waals surface area contributed by atoms with Gasteiger partial charge >= 0.3 is 0 Å². The number of carbonyl (C=O) groups excluding carboxylic acids is 1. The van der Waals surface area contributed by atoms with E-state index in [0.717, 1.165) is 5.56 Å². The predicted molar refractivity (Wildman–Crippen MR) is 68.4 cm³/mol. The van der Waals surface area contributed by atoms with E-state index in [1.165, 1.54) is 14.0 Å². The summed E-state index contributed by atoms with van der Waals surface area (Å²) >= 11 is 0. The van der Waals surface area contributed by atoms with Gasteiger partial charge in [-0.25, -0.2) is 4.39 Å². The van der Waals surface area contributed by atoms with Crippen LogP contribution in [0.3, 0.4) is 0 Å². The number of hydrogen-bond donors (Lipinski definition) is 0. The molecule has 2 nitrogen and oxygen atoms in total. The van der Waals surface area contributed by atoms with Gasteiger partial charge in [0.25, 0.3) is 0 Å². The first-order valence-corrected chi connectivity index (χ1v) is 5.57. The molecular formula is C15H13FO2. The van der Waals surface area contributed by atoms with Crippen molar-refractivity contribution in [1.82, 2.24) is 0 Å². The van der Waals surface area contributed by atoms with Crippen LogP contribution in [0.5, 0.6) is 5.75 Å². The van der Waals surface area contributed by atoms with Gasteiger partial charge in [-0.3, -0.25) is 4.79 Å². The number of ether oxygens (including phenoxy) is 1. The van der Waals surface area contributed by atoms with Crippen molar-refractivity contribution < 1.29 is 13.9 Å². The van der Waals surface area contributed by atoms with Crippen LogP contribution >= 0.6 is 0 Å². The van der Waals surface area contributed by atoms with Crippen molar-refractivity contribution in [3.63, 3.8) is 0 Å². The molecular weight excluding hydrogens is 231 g/mol. The molecule has 0 radical (unpaired) electrons. The maximum absolute atomic E-state index is 14.0. The number of benzene rings is 2. The fraction of sp³-hybridized carbons (Fsp3) is 0.133. The van der Waals surface area contributed by atoms with E-state index in [-0.39, 0.29) is 11.5 Å². The minimum Gasteiger partial charge on any atom is -0.494 e. The standard InChI is InChI=1S/C15H13FO2/c1-10(17)11-6-8-12(9-7-11)13-4-3-5-14(18-2)15(13)16/h3-9H,1-2H3. The molecule has 0 N–H and O–H groups in total. The highest BCUT2D eigenvalue weighted by atomic mass is 19.1. The van der Waals surface area contributed by atoms with Crippen molar-refractivity contribution in [2.75, 3.05) is 7.11 Å². The van der Waals surface area contributed by atoms with E-state index in [1.54, 1.807) is 42.5 Å². The molecule has 0 unspecified atom stereocenters. The van der Waals surface area contributed by atoms with Gasteiger partial charge in [-0.2, -0.15) is 0 Å². The van der Waals surface area contributed by atoms with Gasteiger partial charge < -0.3 is 4.74 Å².